The molecule has 26 heavy (non-hydrogen) atoms. The predicted octanol–water partition coefficient (Wildman–Crippen LogP) is 3.19. The number of hydrogen-bond donors (Lipinski definition) is 0. The van der Waals surface area contributed by atoms with Gasteiger partial charge >= 0.3 is 0 Å². The highest BCUT2D eigenvalue weighted by atomic mass is 32.1. The Bertz CT molecular complexity index is 851. The number of rotatable bonds is 7. The van der Waals surface area contributed by atoms with Crippen molar-refractivity contribution in [3.05, 3.63) is 47.9 Å². The first-order valence-electron chi connectivity index (χ1n) is 8.43. The fraction of sp³-hybridized carbons (Fsp3) is 0.368. The highest BCUT2D eigenvalue weighted by Gasteiger charge is 2.18. The van der Waals surface area contributed by atoms with Gasteiger partial charge in [-0.25, -0.2) is 4.98 Å². The van der Waals surface area contributed by atoms with Gasteiger partial charge in [0.15, 0.2) is 5.13 Å². The molecular weight excluding hydrogens is 346 g/mol. The summed E-state index contributed by atoms with van der Waals surface area (Å²) < 4.78 is 7.62. The van der Waals surface area contributed by atoms with Crippen LogP contribution in [0.1, 0.15) is 11.1 Å². The molecule has 2 heterocycles. The van der Waals surface area contributed by atoms with E-state index < -0.39 is 0 Å². The van der Waals surface area contributed by atoms with Gasteiger partial charge in [-0.3, -0.25) is 0 Å². The van der Waals surface area contributed by atoms with Crippen LogP contribution in [0.15, 0.2) is 36.8 Å². The van der Waals surface area contributed by atoms with Crippen LogP contribution in [0.4, 0.5) is 5.13 Å². The molecule has 3 rings (SSSR count). The molecule has 0 spiro atoms. The van der Waals surface area contributed by atoms with Crippen LogP contribution in [0.25, 0.3) is 10.6 Å². The van der Waals surface area contributed by atoms with E-state index in [0.717, 1.165) is 28.8 Å². The molecule has 0 saturated carbocycles. The van der Waals surface area contributed by atoms with Gasteiger partial charge in [0.05, 0.1) is 25.3 Å². The van der Waals surface area contributed by atoms with Crippen LogP contribution in [0, 0.1) is 0 Å². The summed E-state index contributed by atoms with van der Waals surface area (Å²) >= 11 is 1.61. The summed E-state index contributed by atoms with van der Waals surface area (Å²) in [5, 5.41) is 0.914. The van der Waals surface area contributed by atoms with E-state index in [2.05, 4.69) is 57.8 Å². The van der Waals surface area contributed by atoms with Crippen molar-refractivity contribution in [1.82, 2.24) is 19.4 Å². The second-order valence-corrected chi connectivity index (χ2v) is 7.67. The summed E-state index contributed by atoms with van der Waals surface area (Å²) in [6, 6.07) is 8.72. The smallest absolute Gasteiger partial charge is 0.235 e. The van der Waals surface area contributed by atoms with E-state index in [9.17, 15) is 0 Å². The Morgan fingerprint density at radius 1 is 1.08 bits per heavy atom. The number of methoxy groups -OCH3 is 1. The highest BCUT2D eigenvalue weighted by Crippen LogP contribution is 2.38. The summed E-state index contributed by atoms with van der Waals surface area (Å²) in [5.74, 6) is 0.641. The highest BCUT2D eigenvalue weighted by molar-refractivity contribution is 7.19. The van der Waals surface area contributed by atoms with Gasteiger partial charge in [-0.2, -0.15) is 4.98 Å². The number of imidazole rings is 1. The third kappa shape index (κ3) is 4.05. The summed E-state index contributed by atoms with van der Waals surface area (Å²) in [4.78, 5) is 14.0. The zero-order valence-corrected chi connectivity index (χ0v) is 16.7. The molecule has 0 aliphatic rings. The lowest BCUT2D eigenvalue weighted by Crippen LogP contribution is -2.10. The molecule has 0 atom stereocenters. The average Bonchev–Trinajstić information content (AvgIpc) is 3.22. The topological polar surface area (TPSA) is 46.4 Å². The molecule has 0 unspecified atom stereocenters. The van der Waals surface area contributed by atoms with Gasteiger partial charge in [-0.1, -0.05) is 35.6 Å². The molecule has 7 heteroatoms. The Morgan fingerprint density at radius 2 is 1.77 bits per heavy atom. The lowest BCUT2D eigenvalue weighted by molar-refractivity contribution is 0.402. The lowest BCUT2D eigenvalue weighted by atomic mass is 10.1. The molecule has 0 amide bonds. The molecule has 138 valence electrons. The first-order valence-corrected chi connectivity index (χ1v) is 9.24. The zero-order chi connectivity index (χ0) is 18.7. The van der Waals surface area contributed by atoms with E-state index in [4.69, 9.17) is 4.74 Å². The summed E-state index contributed by atoms with van der Waals surface area (Å²) in [5.41, 5.74) is 3.57. The van der Waals surface area contributed by atoms with E-state index in [1.807, 2.05) is 31.5 Å². The van der Waals surface area contributed by atoms with E-state index >= 15 is 0 Å². The number of ether oxygens (including phenoxy) is 1. The number of nitrogens with zero attached hydrogens (tertiary/aromatic N) is 5. The molecule has 0 bridgehead atoms. The van der Waals surface area contributed by atoms with Crippen molar-refractivity contribution in [1.29, 1.82) is 0 Å². The minimum atomic E-state index is 0.641. The average molecular weight is 372 g/mol. The van der Waals surface area contributed by atoms with Crippen LogP contribution < -0.4 is 9.64 Å². The van der Waals surface area contributed by atoms with Gasteiger partial charge in [-0.15, -0.1) is 0 Å². The van der Waals surface area contributed by atoms with Crippen LogP contribution in [0.5, 0.6) is 5.88 Å². The minimum absolute atomic E-state index is 0.641. The van der Waals surface area contributed by atoms with Gasteiger partial charge < -0.3 is 19.1 Å². The van der Waals surface area contributed by atoms with Gasteiger partial charge in [0.25, 0.3) is 0 Å². The maximum Gasteiger partial charge on any atom is 0.235 e. The summed E-state index contributed by atoms with van der Waals surface area (Å²) in [6.07, 6.45) is 3.73. The summed E-state index contributed by atoms with van der Waals surface area (Å²) in [7, 11) is 9.78. The largest absolute Gasteiger partial charge is 0.480 e. The second kappa shape index (κ2) is 7.88. The number of thiazole rings is 1. The van der Waals surface area contributed by atoms with Gasteiger partial charge in [0, 0.05) is 27.2 Å². The lowest BCUT2D eigenvalue weighted by Gasteiger charge is -2.11. The van der Waals surface area contributed by atoms with Crippen molar-refractivity contribution < 1.29 is 4.74 Å². The Kier molecular flexibility index (Phi) is 5.58. The minimum Gasteiger partial charge on any atom is -0.480 e. The monoisotopic (exact) mass is 371 g/mol. The van der Waals surface area contributed by atoms with Crippen LogP contribution in [0.3, 0.4) is 0 Å². The zero-order valence-electron chi connectivity index (χ0n) is 15.9. The molecule has 0 fully saturated rings. The quantitative estimate of drug-likeness (QED) is 0.638. The maximum absolute atomic E-state index is 5.48. The van der Waals surface area contributed by atoms with Gasteiger partial charge in [0.2, 0.25) is 5.88 Å². The van der Waals surface area contributed by atoms with Crippen molar-refractivity contribution in [3.63, 3.8) is 0 Å². The van der Waals surface area contributed by atoms with Crippen LogP contribution in [-0.4, -0.2) is 54.7 Å². The molecule has 0 radical (unpaired) electrons. The fourth-order valence-corrected chi connectivity index (χ4v) is 3.72. The van der Waals surface area contributed by atoms with E-state index in [1.54, 1.807) is 18.4 Å². The molecule has 0 aliphatic carbocycles. The fourth-order valence-electron chi connectivity index (χ4n) is 2.73. The van der Waals surface area contributed by atoms with Crippen LogP contribution in [-0.2, 0) is 13.1 Å². The first kappa shape index (κ1) is 18.4. The van der Waals surface area contributed by atoms with Crippen molar-refractivity contribution >= 4 is 16.5 Å². The van der Waals surface area contributed by atoms with Gasteiger partial charge in [0.1, 0.15) is 4.88 Å². The maximum atomic E-state index is 5.48. The molecule has 0 N–H and O–H groups in total. The SMILES string of the molecule is COc1nc(N(C)C)sc1-c1cncn1Cc1ccc(CN(C)C)cc1. The molecule has 0 aliphatic heterocycles. The Morgan fingerprint density at radius 3 is 2.38 bits per heavy atom. The number of anilines is 1. The van der Waals surface area contributed by atoms with E-state index in [-0.39, 0.29) is 0 Å². The van der Waals surface area contributed by atoms with Crippen molar-refractivity contribution in [3.8, 4) is 16.5 Å². The Balaban J connectivity index is 1.85. The molecular formula is C19H25N5OS. The van der Waals surface area contributed by atoms with Crippen molar-refractivity contribution in [2.24, 2.45) is 0 Å². The molecule has 2 aromatic heterocycles. The Hall–Kier alpha value is -2.38. The Labute approximate surface area is 158 Å². The molecule has 0 saturated heterocycles. The standard InChI is InChI=1S/C19H25N5OS/c1-22(2)11-14-6-8-15(9-7-14)12-24-13-20-10-16(24)17-18(25-5)21-19(26-17)23(3)4/h6-10,13H,11-12H2,1-5H3. The number of aromatic nitrogens is 3. The van der Waals surface area contributed by atoms with Crippen molar-refractivity contribution in [2.75, 3.05) is 40.2 Å². The van der Waals surface area contributed by atoms with E-state index in [0.29, 0.717) is 5.88 Å². The third-order valence-corrected chi connectivity index (χ3v) is 5.21. The van der Waals surface area contributed by atoms with Crippen molar-refractivity contribution in [2.45, 2.75) is 13.1 Å². The predicted molar refractivity (Wildman–Crippen MR) is 107 cm³/mol. The van der Waals surface area contributed by atoms with Crippen LogP contribution >= 0.6 is 11.3 Å². The number of hydrogen-bond acceptors (Lipinski definition) is 6. The molecule has 3 aromatic rings. The number of benzene rings is 1. The first-order chi connectivity index (χ1) is 12.5. The van der Waals surface area contributed by atoms with E-state index in [1.165, 1.54) is 11.1 Å². The molecule has 6 nitrogen and oxygen atoms in total. The molecule has 1 aromatic carbocycles. The van der Waals surface area contributed by atoms with Gasteiger partial charge in [-0.05, 0) is 25.2 Å². The normalized spacial score (nSPS) is 11.2. The summed E-state index contributed by atoms with van der Waals surface area (Å²) in [6.45, 7) is 1.71. The van der Waals surface area contributed by atoms with Crippen LogP contribution in [0.2, 0.25) is 0 Å². The third-order valence-electron chi connectivity index (χ3n) is 3.98. The second-order valence-electron chi connectivity index (χ2n) is 6.69.